The van der Waals surface area contributed by atoms with Gasteiger partial charge in [-0.2, -0.15) is 0 Å². The lowest BCUT2D eigenvalue weighted by atomic mass is 10.2. The van der Waals surface area contributed by atoms with Crippen molar-refractivity contribution in [3.8, 4) is 0 Å². The molecule has 2 aromatic rings. The fourth-order valence-corrected chi connectivity index (χ4v) is 1.49. The van der Waals surface area contributed by atoms with Crippen molar-refractivity contribution in [2.24, 2.45) is 0 Å². The highest BCUT2D eigenvalue weighted by molar-refractivity contribution is 6.04. The molecule has 2 heterocycles. The lowest BCUT2D eigenvalue weighted by molar-refractivity contribution is 0.102. The van der Waals surface area contributed by atoms with Gasteiger partial charge in [-0.1, -0.05) is 0 Å². The van der Waals surface area contributed by atoms with E-state index in [1.54, 1.807) is 19.9 Å². The van der Waals surface area contributed by atoms with Gasteiger partial charge in [-0.3, -0.25) is 4.79 Å². The molecule has 0 fully saturated rings. The molecule has 4 nitrogen and oxygen atoms in total. The molecular formula is C12H11FN2O2. The van der Waals surface area contributed by atoms with Gasteiger partial charge >= 0.3 is 0 Å². The normalized spacial score (nSPS) is 10.3. The van der Waals surface area contributed by atoms with Crippen molar-refractivity contribution >= 4 is 11.7 Å². The fourth-order valence-electron chi connectivity index (χ4n) is 1.49. The second kappa shape index (κ2) is 4.37. The van der Waals surface area contributed by atoms with Crippen molar-refractivity contribution in [1.29, 1.82) is 0 Å². The van der Waals surface area contributed by atoms with E-state index in [1.807, 2.05) is 0 Å². The maximum Gasteiger partial charge on any atom is 0.260 e. The molecule has 17 heavy (non-hydrogen) atoms. The maximum atomic E-state index is 12.6. The highest BCUT2D eigenvalue weighted by Crippen LogP contribution is 2.15. The molecule has 1 amide bonds. The van der Waals surface area contributed by atoms with Gasteiger partial charge in [0.25, 0.3) is 5.91 Å². The van der Waals surface area contributed by atoms with E-state index in [1.165, 1.54) is 12.1 Å². The SMILES string of the molecule is Cc1cc(C(=O)Nc2ccc(F)cn2)c(C)o1. The second-order valence-corrected chi connectivity index (χ2v) is 3.64. The monoisotopic (exact) mass is 234 g/mol. The topological polar surface area (TPSA) is 55.1 Å². The first kappa shape index (κ1) is 11.3. The van der Waals surface area contributed by atoms with Crippen molar-refractivity contribution in [3.63, 3.8) is 0 Å². The van der Waals surface area contributed by atoms with E-state index in [9.17, 15) is 9.18 Å². The third-order valence-corrected chi connectivity index (χ3v) is 2.25. The molecule has 0 bridgehead atoms. The second-order valence-electron chi connectivity index (χ2n) is 3.64. The average Bonchev–Trinajstić information content (AvgIpc) is 2.61. The van der Waals surface area contributed by atoms with Gasteiger partial charge in [0, 0.05) is 0 Å². The summed E-state index contributed by atoms with van der Waals surface area (Å²) in [7, 11) is 0. The highest BCUT2D eigenvalue weighted by atomic mass is 19.1. The van der Waals surface area contributed by atoms with E-state index in [0.717, 1.165) is 6.20 Å². The number of halogens is 1. The van der Waals surface area contributed by atoms with E-state index < -0.39 is 5.82 Å². The van der Waals surface area contributed by atoms with Crippen LogP contribution >= 0.6 is 0 Å². The molecule has 0 atom stereocenters. The summed E-state index contributed by atoms with van der Waals surface area (Å²) in [6, 6.07) is 4.28. The number of amides is 1. The van der Waals surface area contributed by atoms with Gasteiger partial charge in [0.15, 0.2) is 0 Å². The minimum absolute atomic E-state index is 0.301. The van der Waals surface area contributed by atoms with Crippen LogP contribution in [-0.4, -0.2) is 10.9 Å². The third-order valence-electron chi connectivity index (χ3n) is 2.25. The van der Waals surface area contributed by atoms with Crippen molar-refractivity contribution in [2.75, 3.05) is 5.32 Å². The molecule has 0 aliphatic heterocycles. The Morgan fingerprint density at radius 2 is 2.18 bits per heavy atom. The molecule has 2 rings (SSSR count). The zero-order chi connectivity index (χ0) is 12.4. The Kier molecular flexibility index (Phi) is 2.91. The predicted octanol–water partition coefficient (Wildman–Crippen LogP) is 2.68. The van der Waals surface area contributed by atoms with Crippen LogP contribution in [0.25, 0.3) is 0 Å². The molecule has 0 spiro atoms. The third kappa shape index (κ3) is 2.50. The summed E-state index contributed by atoms with van der Waals surface area (Å²) < 4.78 is 17.9. The van der Waals surface area contributed by atoms with Gasteiger partial charge in [-0.25, -0.2) is 9.37 Å². The van der Waals surface area contributed by atoms with Crippen LogP contribution in [0.2, 0.25) is 0 Å². The summed E-state index contributed by atoms with van der Waals surface area (Å²) in [6.07, 6.45) is 1.04. The van der Waals surface area contributed by atoms with Gasteiger partial charge in [0.1, 0.15) is 23.2 Å². The molecular weight excluding hydrogens is 223 g/mol. The predicted molar refractivity (Wildman–Crippen MR) is 60.3 cm³/mol. The average molecular weight is 234 g/mol. The van der Waals surface area contributed by atoms with E-state index in [-0.39, 0.29) is 5.91 Å². The summed E-state index contributed by atoms with van der Waals surface area (Å²) >= 11 is 0. The zero-order valence-electron chi connectivity index (χ0n) is 9.45. The molecule has 2 aromatic heterocycles. The van der Waals surface area contributed by atoms with Crippen molar-refractivity contribution in [1.82, 2.24) is 4.98 Å². The van der Waals surface area contributed by atoms with E-state index in [0.29, 0.717) is 22.9 Å². The number of anilines is 1. The Balaban J connectivity index is 2.17. The maximum absolute atomic E-state index is 12.6. The van der Waals surface area contributed by atoms with Crippen LogP contribution < -0.4 is 5.32 Å². The van der Waals surface area contributed by atoms with Crippen molar-refractivity contribution < 1.29 is 13.6 Å². The number of aromatic nitrogens is 1. The number of hydrogen-bond donors (Lipinski definition) is 1. The number of nitrogens with zero attached hydrogens (tertiary/aromatic N) is 1. The van der Waals surface area contributed by atoms with Crippen LogP contribution in [0.5, 0.6) is 0 Å². The fraction of sp³-hybridized carbons (Fsp3) is 0.167. The minimum Gasteiger partial charge on any atom is -0.466 e. The highest BCUT2D eigenvalue weighted by Gasteiger charge is 2.13. The van der Waals surface area contributed by atoms with Crippen LogP contribution in [0.15, 0.2) is 28.8 Å². The number of aryl methyl sites for hydroxylation is 2. The van der Waals surface area contributed by atoms with Crippen LogP contribution in [0.3, 0.4) is 0 Å². The lowest BCUT2D eigenvalue weighted by Gasteiger charge is -2.02. The van der Waals surface area contributed by atoms with E-state index >= 15 is 0 Å². The number of pyridine rings is 1. The number of nitrogens with one attached hydrogen (secondary N) is 1. The molecule has 0 saturated heterocycles. The lowest BCUT2D eigenvalue weighted by Crippen LogP contribution is -2.13. The summed E-state index contributed by atoms with van der Waals surface area (Å²) in [5.41, 5.74) is 0.452. The number of rotatable bonds is 2. The molecule has 0 unspecified atom stereocenters. The van der Waals surface area contributed by atoms with Crippen LogP contribution in [0, 0.1) is 19.7 Å². The van der Waals surface area contributed by atoms with Gasteiger partial charge in [-0.05, 0) is 32.0 Å². The van der Waals surface area contributed by atoms with Gasteiger partial charge in [0.2, 0.25) is 0 Å². The molecule has 5 heteroatoms. The molecule has 0 aliphatic carbocycles. The van der Waals surface area contributed by atoms with Gasteiger partial charge < -0.3 is 9.73 Å². The molecule has 0 radical (unpaired) electrons. The zero-order valence-corrected chi connectivity index (χ0v) is 9.45. The quantitative estimate of drug-likeness (QED) is 0.869. The van der Waals surface area contributed by atoms with E-state index in [4.69, 9.17) is 4.42 Å². The summed E-state index contributed by atoms with van der Waals surface area (Å²) in [5, 5.41) is 2.56. The van der Waals surface area contributed by atoms with Crippen LogP contribution in [0.1, 0.15) is 21.9 Å². The first-order chi connectivity index (χ1) is 8.06. The van der Waals surface area contributed by atoms with Crippen molar-refractivity contribution in [3.05, 3.63) is 47.3 Å². The Labute approximate surface area is 97.5 Å². The van der Waals surface area contributed by atoms with Gasteiger partial charge in [-0.15, -0.1) is 0 Å². The van der Waals surface area contributed by atoms with Crippen molar-refractivity contribution in [2.45, 2.75) is 13.8 Å². The largest absolute Gasteiger partial charge is 0.466 e. The minimum atomic E-state index is -0.446. The molecule has 0 aromatic carbocycles. The van der Waals surface area contributed by atoms with Crippen LogP contribution in [0.4, 0.5) is 10.2 Å². The Bertz CT molecular complexity index is 546. The summed E-state index contributed by atoms with van der Waals surface area (Å²) in [6.45, 7) is 3.47. The molecule has 1 N–H and O–H groups in total. The Morgan fingerprint density at radius 3 is 2.71 bits per heavy atom. The first-order valence-corrected chi connectivity index (χ1v) is 5.06. The number of hydrogen-bond acceptors (Lipinski definition) is 3. The van der Waals surface area contributed by atoms with Gasteiger partial charge in [0.05, 0.1) is 11.8 Å². The smallest absolute Gasteiger partial charge is 0.260 e. The standard InChI is InChI=1S/C12H11FN2O2/c1-7-5-10(8(2)17-7)12(16)15-11-4-3-9(13)6-14-11/h3-6H,1-2H3,(H,14,15,16). The first-order valence-electron chi connectivity index (χ1n) is 5.06. The van der Waals surface area contributed by atoms with E-state index in [2.05, 4.69) is 10.3 Å². The summed E-state index contributed by atoms with van der Waals surface area (Å²) in [4.78, 5) is 15.6. The molecule has 88 valence electrons. The molecule has 0 saturated carbocycles. The Hall–Kier alpha value is -2.17. The Morgan fingerprint density at radius 1 is 1.41 bits per heavy atom. The number of carbonyl (C=O) groups is 1. The number of carbonyl (C=O) groups excluding carboxylic acids is 1. The number of furan rings is 1. The van der Waals surface area contributed by atoms with Crippen LogP contribution in [-0.2, 0) is 0 Å². The molecule has 0 aliphatic rings. The summed E-state index contributed by atoms with van der Waals surface area (Å²) in [5.74, 6) is 0.744.